The van der Waals surface area contributed by atoms with Crippen molar-refractivity contribution in [3.05, 3.63) is 54.6 Å². The van der Waals surface area contributed by atoms with E-state index in [0.29, 0.717) is 18.8 Å². The van der Waals surface area contributed by atoms with Crippen molar-refractivity contribution in [1.82, 2.24) is 14.5 Å². The van der Waals surface area contributed by atoms with Gasteiger partial charge in [0.1, 0.15) is 0 Å². The number of piperazine rings is 1. The molecule has 0 aromatic heterocycles. The zero-order valence-corrected chi connectivity index (χ0v) is 18.4. The van der Waals surface area contributed by atoms with E-state index in [4.69, 9.17) is 0 Å². The van der Waals surface area contributed by atoms with E-state index in [1.807, 2.05) is 30.3 Å². The standard InChI is InChI=1S/C21H27N5O4S/c1-24(2)31(29,30)19-10-6-7-17(15-19)23-21(28)22-16-20(27)26-13-11-25(12-14-26)18-8-4-3-5-9-18/h3-10,15H,11-14,16H2,1-2H3,(H2,22,23,28). The van der Waals surface area contributed by atoms with Crippen LogP contribution in [0.1, 0.15) is 0 Å². The predicted molar refractivity (Wildman–Crippen MR) is 120 cm³/mol. The number of nitrogens with zero attached hydrogens (tertiary/aromatic N) is 3. The maximum absolute atomic E-state index is 12.4. The smallest absolute Gasteiger partial charge is 0.319 e. The van der Waals surface area contributed by atoms with Crippen LogP contribution in [0, 0.1) is 0 Å². The van der Waals surface area contributed by atoms with Gasteiger partial charge in [-0.2, -0.15) is 0 Å². The predicted octanol–water partition coefficient (Wildman–Crippen LogP) is 1.41. The molecular formula is C21H27N5O4S. The number of sulfonamides is 1. The molecule has 0 atom stereocenters. The van der Waals surface area contributed by atoms with Crippen LogP contribution >= 0.6 is 0 Å². The molecule has 0 spiro atoms. The number of carbonyl (C=O) groups is 2. The average Bonchev–Trinajstić information content (AvgIpc) is 2.78. The third-order valence-electron chi connectivity index (χ3n) is 5.02. The van der Waals surface area contributed by atoms with Crippen molar-refractivity contribution in [2.45, 2.75) is 4.90 Å². The second-order valence-corrected chi connectivity index (χ2v) is 9.48. The summed E-state index contributed by atoms with van der Waals surface area (Å²) >= 11 is 0. The second kappa shape index (κ2) is 9.80. The molecule has 3 amide bonds. The highest BCUT2D eigenvalue weighted by Gasteiger charge is 2.22. The van der Waals surface area contributed by atoms with E-state index in [0.717, 1.165) is 23.1 Å². The molecule has 10 heteroatoms. The van der Waals surface area contributed by atoms with Crippen molar-refractivity contribution in [2.24, 2.45) is 0 Å². The Morgan fingerprint density at radius 1 is 0.968 bits per heavy atom. The van der Waals surface area contributed by atoms with Gasteiger partial charge in [-0.3, -0.25) is 4.79 Å². The molecule has 0 unspecified atom stereocenters. The summed E-state index contributed by atoms with van der Waals surface area (Å²) in [7, 11) is -0.727. The largest absolute Gasteiger partial charge is 0.368 e. The number of carbonyl (C=O) groups excluding carboxylic acids is 2. The molecule has 9 nitrogen and oxygen atoms in total. The number of rotatable bonds is 6. The van der Waals surface area contributed by atoms with E-state index in [1.165, 1.54) is 26.2 Å². The first-order valence-corrected chi connectivity index (χ1v) is 11.4. The number of amides is 3. The topological polar surface area (TPSA) is 102 Å². The number of para-hydroxylation sites is 1. The molecule has 0 radical (unpaired) electrons. The fraction of sp³-hybridized carbons (Fsp3) is 0.333. The molecule has 1 saturated heterocycles. The summed E-state index contributed by atoms with van der Waals surface area (Å²) in [6.45, 7) is 2.50. The molecule has 1 aliphatic rings. The van der Waals surface area contributed by atoms with Gasteiger partial charge in [-0.25, -0.2) is 17.5 Å². The number of urea groups is 1. The van der Waals surface area contributed by atoms with Crippen LogP contribution in [-0.4, -0.2) is 76.4 Å². The van der Waals surface area contributed by atoms with Crippen LogP contribution in [0.3, 0.4) is 0 Å². The normalized spacial score (nSPS) is 14.4. The third-order valence-corrected chi connectivity index (χ3v) is 6.84. The molecule has 0 aliphatic carbocycles. The van der Waals surface area contributed by atoms with Gasteiger partial charge >= 0.3 is 6.03 Å². The lowest BCUT2D eigenvalue weighted by Gasteiger charge is -2.36. The minimum Gasteiger partial charge on any atom is -0.368 e. The third kappa shape index (κ3) is 5.74. The molecular weight excluding hydrogens is 418 g/mol. The Bertz CT molecular complexity index is 1020. The highest BCUT2D eigenvalue weighted by Crippen LogP contribution is 2.18. The van der Waals surface area contributed by atoms with Crippen molar-refractivity contribution in [3.63, 3.8) is 0 Å². The van der Waals surface area contributed by atoms with Crippen molar-refractivity contribution in [1.29, 1.82) is 0 Å². The number of hydrogen-bond acceptors (Lipinski definition) is 5. The molecule has 1 heterocycles. The second-order valence-electron chi connectivity index (χ2n) is 7.33. The van der Waals surface area contributed by atoms with Gasteiger partial charge in [0.15, 0.2) is 0 Å². The SMILES string of the molecule is CN(C)S(=O)(=O)c1cccc(NC(=O)NCC(=O)N2CCN(c3ccccc3)CC2)c1. The van der Waals surface area contributed by atoms with E-state index >= 15 is 0 Å². The molecule has 0 bridgehead atoms. The Morgan fingerprint density at radius 3 is 2.29 bits per heavy atom. The minimum atomic E-state index is -3.60. The molecule has 2 aromatic carbocycles. The molecule has 166 valence electrons. The van der Waals surface area contributed by atoms with Crippen molar-refractivity contribution >= 4 is 33.3 Å². The zero-order chi connectivity index (χ0) is 22.4. The van der Waals surface area contributed by atoms with Gasteiger partial charge in [-0.05, 0) is 30.3 Å². The molecule has 2 N–H and O–H groups in total. The lowest BCUT2D eigenvalue weighted by atomic mass is 10.2. The van der Waals surface area contributed by atoms with Crippen LogP contribution in [-0.2, 0) is 14.8 Å². The van der Waals surface area contributed by atoms with Crippen molar-refractivity contribution in [3.8, 4) is 0 Å². The van der Waals surface area contributed by atoms with E-state index in [9.17, 15) is 18.0 Å². The number of hydrogen-bond donors (Lipinski definition) is 2. The Hall–Kier alpha value is -3.11. The van der Waals surface area contributed by atoms with E-state index in [1.54, 1.807) is 17.0 Å². The zero-order valence-electron chi connectivity index (χ0n) is 17.6. The van der Waals surface area contributed by atoms with Gasteiger partial charge in [0.25, 0.3) is 0 Å². The van der Waals surface area contributed by atoms with Crippen LogP contribution in [0.5, 0.6) is 0 Å². The first-order valence-electron chi connectivity index (χ1n) is 9.92. The van der Waals surface area contributed by atoms with Crippen LogP contribution in [0.4, 0.5) is 16.2 Å². The number of anilines is 2. The fourth-order valence-corrected chi connectivity index (χ4v) is 4.19. The Kier molecular flexibility index (Phi) is 7.13. The van der Waals surface area contributed by atoms with Crippen molar-refractivity contribution in [2.75, 3.05) is 57.0 Å². The lowest BCUT2D eigenvalue weighted by molar-refractivity contribution is -0.130. The summed E-state index contributed by atoms with van der Waals surface area (Å²) in [5, 5.41) is 5.11. The van der Waals surface area contributed by atoms with Crippen molar-refractivity contribution < 1.29 is 18.0 Å². The highest BCUT2D eigenvalue weighted by molar-refractivity contribution is 7.89. The molecule has 1 fully saturated rings. The van der Waals surface area contributed by atoms with Crippen LogP contribution in [0.25, 0.3) is 0 Å². The Morgan fingerprint density at radius 2 is 1.65 bits per heavy atom. The maximum Gasteiger partial charge on any atom is 0.319 e. The van der Waals surface area contributed by atoms with Gasteiger partial charge in [-0.1, -0.05) is 24.3 Å². The number of benzene rings is 2. The van der Waals surface area contributed by atoms with Crippen LogP contribution in [0.2, 0.25) is 0 Å². The molecule has 2 aromatic rings. The molecule has 3 rings (SSSR count). The highest BCUT2D eigenvalue weighted by atomic mass is 32.2. The Labute approximate surface area is 182 Å². The monoisotopic (exact) mass is 445 g/mol. The summed E-state index contributed by atoms with van der Waals surface area (Å²) < 4.78 is 25.5. The van der Waals surface area contributed by atoms with Crippen LogP contribution < -0.4 is 15.5 Å². The number of nitrogens with one attached hydrogen (secondary N) is 2. The molecule has 0 saturated carbocycles. The lowest BCUT2D eigenvalue weighted by Crippen LogP contribution is -2.51. The maximum atomic E-state index is 12.4. The van der Waals surface area contributed by atoms with Crippen LogP contribution in [0.15, 0.2) is 59.5 Å². The summed E-state index contributed by atoms with van der Waals surface area (Å²) in [4.78, 5) is 28.6. The summed E-state index contributed by atoms with van der Waals surface area (Å²) in [5.41, 5.74) is 1.45. The fourth-order valence-electron chi connectivity index (χ4n) is 3.24. The minimum absolute atomic E-state index is 0.0719. The summed E-state index contributed by atoms with van der Waals surface area (Å²) in [6.07, 6.45) is 0. The Balaban J connectivity index is 1.48. The summed E-state index contributed by atoms with van der Waals surface area (Å²) in [6, 6.07) is 15.4. The van der Waals surface area contributed by atoms with E-state index < -0.39 is 16.1 Å². The van der Waals surface area contributed by atoms with Gasteiger partial charge in [0.05, 0.1) is 11.4 Å². The summed E-state index contributed by atoms with van der Waals surface area (Å²) in [5.74, 6) is -0.160. The van der Waals surface area contributed by atoms with Gasteiger partial charge in [0, 0.05) is 51.6 Å². The van der Waals surface area contributed by atoms with E-state index in [2.05, 4.69) is 15.5 Å². The van der Waals surface area contributed by atoms with Gasteiger partial charge < -0.3 is 20.4 Å². The first kappa shape index (κ1) is 22.6. The van der Waals surface area contributed by atoms with Gasteiger partial charge in [0.2, 0.25) is 15.9 Å². The molecule has 1 aliphatic heterocycles. The van der Waals surface area contributed by atoms with Gasteiger partial charge in [-0.15, -0.1) is 0 Å². The van der Waals surface area contributed by atoms with E-state index in [-0.39, 0.29) is 17.3 Å². The first-order chi connectivity index (χ1) is 14.8. The quantitative estimate of drug-likeness (QED) is 0.700. The average molecular weight is 446 g/mol. The molecule has 31 heavy (non-hydrogen) atoms.